The van der Waals surface area contributed by atoms with Gasteiger partial charge in [-0.1, -0.05) is 13.8 Å². The van der Waals surface area contributed by atoms with Crippen LogP contribution in [0.5, 0.6) is 0 Å². The molecule has 1 saturated heterocycles. The van der Waals surface area contributed by atoms with Crippen LogP contribution in [0.1, 0.15) is 27.2 Å². The monoisotopic (exact) mass is 146 g/mol. The van der Waals surface area contributed by atoms with E-state index in [2.05, 4.69) is 20.8 Å². The van der Waals surface area contributed by atoms with Crippen molar-refractivity contribution in [3.05, 3.63) is 0 Å². The fourth-order valence-corrected chi connectivity index (χ4v) is 2.09. The van der Waals surface area contributed by atoms with Gasteiger partial charge >= 0.3 is 0 Å². The Morgan fingerprint density at radius 1 is 1.56 bits per heavy atom. The molecule has 0 spiro atoms. The molecule has 9 heavy (non-hydrogen) atoms. The highest BCUT2D eigenvalue weighted by Crippen LogP contribution is 2.34. The first kappa shape index (κ1) is 7.42. The Balaban J connectivity index is 2.41. The normalized spacial score (nSPS) is 34.3. The van der Waals surface area contributed by atoms with E-state index in [-0.39, 0.29) is 0 Å². The van der Waals surface area contributed by atoms with Gasteiger partial charge in [0, 0.05) is 4.75 Å². The molecule has 1 rings (SSSR count). The van der Waals surface area contributed by atoms with Crippen molar-refractivity contribution in [3.8, 4) is 0 Å². The van der Waals surface area contributed by atoms with Crippen molar-refractivity contribution < 1.29 is 4.74 Å². The maximum atomic E-state index is 5.38. The summed E-state index contributed by atoms with van der Waals surface area (Å²) in [5.41, 5.74) is 0. The average Bonchev–Trinajstić information content (AvgIpc) is 1.60. The summed E-state index contributed by atoms with van der Waals surface area (Å²) in [6.45, 7) is 6.69. The maximum absolute atomic E-state index is 5.38. The van der Waals surface area contributed by atoms with Crippen LogP contribution in [0, 0.1) is 0 Å². The summed E-state index contributed by atoms with van der Waals surface area (Å²) >= 11 is 1.90. The predicted octanol–water partition coefficient (Wildman–Crippen LogP) is 2.26. The van der Waals surface area contributed by atoms with Crippen LogP contribution in [-0.2, 0) is 4.74 Å². The molecule has 0 bridgehead atoms. The summed E-state index contributed by atoms with van der Waals surface area (Å²) in [7, 11) is 0. The zero-order valence-corrected chi connectivity index (χ0v) is 7.12. The van der Waals surface area contributed by atoms with E-state index in [1.807, 2.05) is 11.8 Å². The fraction of sp³-hybridized carbons (Fsp3) is 1.00. The van der Waals surface area contributed by atoms with Gasteiger partial charge in [0.2, 0.25) is 0 Å². The van der Waals surface area contributed by atoms with E-state index in [4.69, 9.17) is 4.74 Å². The lowest BCUT2D eigenvalue weighted by atomic mass is 10.1. The highest BCUT2D eigenvalue weighted by molar-refractivity contribution is 8.00. The van der Waals surface area contributed by atoms with Gasteiger partial charge in [-0.15, -0.1) is 11.8 Å². The van der Waals surface area contributed by atoms with E-state index < -0.39 is 0 Å². The second-order valence-corrected chi connectivity index (χ2v) is 4.83. The third-order valence-electron chi connectivity index (χ3n) is 1.58. The minimum absolute atomic E-state index is 0.442. The Bertz CT molecular complexity index is 101. The molecule has 0 aromatic carbocycles. The van der Waals surface area contributed by atoms with E-state index in [0.29, 0.717) is 10.9 Å². The Morgan fingerprint density at radius 3 is 2.56 bits per heavy atom. The second-order valence-electron chi connectivity index (χ2n) is 3.20. The van der Waals surface area contributed by atoms with Gasteiger partial charge in [-0.25, -0.2) is 0 Å². The molecular formula is C7H14OS. The summed E-state index contributed by atoms with van der Waals surface area (Å²) in [5.74, 6) is 0.869. The van der Waals surface area contributed by atoms with Gasteiger partial charge in [0.05, 0.1) is 12.0 Å². The van der Waals surface area contributed by atoms with Crippen LogP contribution >= 0.6 is 11.8 Å². The van der Waals surface area contributed by atoms with Gasteiger partial charge in [0.25, 0.3) is 0 Å². The number of hydrogen-bond donors (Lipinski definition) is 0. The smallest absolute Gasteiger partial charge is 0.0929 e. The summed E-state index contributed by atoms with van der Waals surface area (Å²) < 4.78 is 5.82. The van der Waals surface area contributed by atoms with Gasteiger partial charge in [-0.05, 0) is 13.3 Å². The molecule has 0 aromatic rings. The molecule has 1 aliphatic heterocycles. The van der Waals surface area contributed by atoms with E-state index in [1.165, 1.54) is 6.42 Å². The lowest BCUT2D eigenvalue weighted by molar-refractivity contribution is 0.0797. The molecule has 0 aliphatic carbocycles. The third-order valence-corrected chi connectivity index (χ3v) is 2.78. The zero-order valence-electron chi connectivity index (χ0n) is 6.31. The van der Waals surface area contributed by atoms with Crippen LogP contribution in [0.2, 0.25) is 0 Å². The van der Waals surface area contributed by atoms with Crippen molar-refractivity contribution in [1.82, 2.24) is 0 Å². The van der Waals surface area contributed by atoms with Crippen LogP contribution < -0.4 is 0 Å². The zero-order chi connectivity index (χ0) is 6.91. The van der Waals surface area contributed by atoms with Gasteiger partial charge < -0.3 is 4.74 Å². The molecule has 1 heterocycles. The van der Waals surface area contributed by atoms with Crippen LogP contribution in [0.15, 0.2) is 0 Å². The summed E-state index contributed by atoms with van der Waals surface area (Å²) in [6.07, 6.45) is 1.64. The molecule has 1 fully saturated rings. The Labute approximate surface area is 61.2 Å². The van der Waals surface area contributed by atoms with Crippen LogP contribution in [0.25, 0.3) is 0 Å². The molecule has 0 amide bonds. The van der Waals surface area contributed by atoms with Crippen LogP contribution in [0.4, 0.5) is 0 Å². The molecule has 1 aliphatic rings. The highest BCUT2D eigenvalue weighted by Gasteiger charge is 2.26. The van der Waals surface area contributed by atoms with Crippen LogP contribution in [0.3, 0.4) is 0 Å². The highest BCUT2D eigenvalue weighted by atomic mass is 32.2. The second kappa shape index (κ2) is 2.51. The summed E-state index contributed by atoms with van der Waals surface area (Å²) in [5, 5.41) is 0. The van der Waals surface area contributed by atoms with Gasteiger partial charge in [0.1, 0.15) is 0 Å². The summed E-state index contributed by atoms with van der Waals surface area (Å²) in [4.78, 5) is 0. The number of rotatable bonds is 0. The summed E-state index contributed by atoms with van der Waals surface area (Å²) in [6, 6.07) is 0. The van der Waals surface area contributed by atoms with Crippen molar-refractivity contribution in [3.63, 3.8) is 0 Å². The Hall–Kier alpha value is 0.310. The predicted molar refractivity (Wildman–Crippen MR) is 41.7 cm³/mol. The minimum atomic E-state index is 0.442. The van der Waals surface area contributed by atoms with E-state index in [1.54, 1.807) is 0 Å². The van der Waals surface area contributed by atoms with Gasteiger partial charge in [-0.2, -0.15) is 0 Å². The first-order valence-electron chi connectivity index (χ1n) is 3.36. The van der Waals surface area contributed by atoms with E-state index in [9.17, 15) is 0 Å². The quantitative estimate of drug-likeness (QED) is 0.518. The van der Waals surface area contributed by atoms with Crippen molar-refractivity contribution in [1.29, 1.82) is 0 Å². The first-order chi connectivity index (χ1) is 4.10. The number of thioether (sulfide) groups is 1. The molecule has 1 nitrogen and oxygen atoms in total. The Kier molecular flexibility index (Phi) is 2.07. The van der Waals surface area contributed by atoms with Crippen molar-refractivity contribution >= 4 is 11.8 Å². The van der Waals surface area contributed by atoms with Crippen molar-refractivity contribution in [2.75, 3.05) is 5.94 Å². The molecule has 0 radical (unpaired) electrons. The minimum Gasteiger partial charge on any atom is -0.368 e. The molecule has 0 aromatic heterocycles. The standard InChI is InChI=1S/C7H14OS/c1-6-4-7(2,3)9-5-8-6/h6H,4-5H2,1-3H3/t6-/m1/s1. The Morgan fingerprint density at radius 2 is 2.22 bits per heavy atom. The topological polar surface area (TPSA) is 9.23 Å². The molecule has 0 unspecified atom stereocenters. The molecular weight excluding hydrogens is 132 g/mol. The largest absolute Gasteiger partial charge is 0.368 e. The number of hydrogen-bond acceptors (Lipinski definition) is 2. The molecule has 1 atom stereocenters. The first-order valence-corrected chi connectivity index (χ1v) is 4.34. The van der Waals surface area contributed by atoms with Gasteiger partial charge in [-0.3, -0.25) is 0 Å². The maximum Gasteiger partial charge on any atom is 0.0929 e. The van der Waals surface area contributed by atoms with Crippen molar-refractivity contribution in [2.24, 2.45) is 0 Å². The fourth-order valence-electron chi connectivity index (χ4n) is 1.12. The molecule has 2 heteroatoms. The van der Waals surface area contributed by atoms with Crippen LogP contribution in [-0.4, -0.2) is 16.8 Å². The molecule has 0 saturated carbocycles. The molecule has 54 valence electrons. The molecule has 0 N–H and O–H groups in total. The third kappa shape index (κ3) is 2.18. The van der Waals surface area contributed by atoms with Gasteiger partial charge in [0.15, 0.2) is 0 Å². The SMILES string of the molecule is C[C@@H]1CC(C)(C)SCO1. The van der Waals surface area contributed by atoms with E-state index in [0.717, 1.165) is 5.94 Å². The van der Waals surface area contributed by atoms with Crippen molar-refractivity contribution in [2.45, 2.75) is 38.0 Å². The lowest BCUT2D eigenvalue weighted by Gasteiger charge is -2.32. The van der Waals surface area contributed by atoms with E-state index >= 15 is 0 Å². The average molecular weight is 146 g/mol. The lowest BCUT2D eigenvalue weighted by Crippen LogP contribution is -2.29. The number of ether oxygens (including phenoxy) is 1.